The lowest BCUT2D eigenvalue weighted by Gasteiger charge is -2.19. The van der Waals surface area contributed by atoms with E-state index in [-0.39, 0.29) is 5.91 Å². The van der Waals surface area contributed by atoms with Crippen molar-refractivity contribution < 1.29 is 14.3 Å². The van der Waals surface area contributed by atoms with E-state index >= 15 is 0 Å². The zero-order valence-electron chi connectivity index (χ0n) is 18.4. The lowest BCUT2D eigenvalue weighted by molar-refractivity contribution is 0.0732. The number of nitrogens with zero attached hydrogens (tertiary/aromatic N) is 5. The average molecular weight is 441 g/mol. The van der Waals surface area contributed by atoms with Gasteiger partial charge >= 0.3 is 0 Å². The van der Waals surface area contributed by atoms with E-state index in [4.69, 9.17) is 9.47 Å². The van der Waals surface area contributed by atoms with Gasteiger partial charge in [-0.3, -0.25) is 4.79 Å². The number of carbonyl (C=O) groups is 1. The maximum absolute atomic E-state index is 13.4. The quantitative estimate of drug-likeness (QED) is 0.481. The number of aromatic nitrogens is 4. The van der Waals surface area contributed by atoms with E-state index in [1.165, 1.54) is 0 Å². The Balaban J connectivity index is 1.45. The minimum Gasteiger partial charge on any atom is -0.496 e. The van der Waals surface area contributed by atoms with Crippen LogP contribution in [0, 0.1) is 6.92 Å². The van der Waals surface area contributed by atoms with Crippen molar-refractivity contribution >= 4 is 5.91 Å². The fraction of sp³-hybridized carbons (Fsp3) is 0.200. The molecule has 0 spiro atoms. The maximum Gasteiger partial charge on any atom is 0.257 e. The highest BCUT2D eigenvalue weighted by Crippen LogP contribution is 2.28. The van der Waals surface area contributed by atoms with Crippen LogP contribution in [0.25, 0.3) is 17.2 Å². The van der Waals surface area contributed by atoms with Crippen LogP contribution in [0.2, 0.25) is 0 Å². The highest BCUT2D eigenvalue weighted by molar-refractivity contribution is 5.95. The molecule has 5 rings (SSSR count). The fourth-order valence-electron chi connectivity index (χ4n) is 3.95. The Morgan fingerprint density at radius 3 is 2.79 bits per heavy atom. The number of amides is 1. The summed E-state index contributed by atoms with van der Waals surface area (Å²) in [7, 11) is 1.63. The molecule has 2 aromatic heterocycles. The Morgan fingerprint density at radius 1 is 1.09 bits per heavy atom. The highest BCUT2D eigenvalue weighted by atomic mass is 16.5. The number of benzene rings is 2. The third-order valence-corrected chi connectivity index (χ3v) is 5.70. The van der Waals surface area contributed by atoms with Crippen LogP contribution in [0.15, 0.2) is 67.0 Å². The number of methoxy groups -OCH3 is 1. The summed E-state index contributed by atoms with van der Waals surface area (Å²) in [5, 5.41) is 4.43. The molecule has 0 fully saturated rings. The first-order valence-corrected chi connectivity index (χ1v) is 10.7. The monoisotopic (exact) mass is 441 g/mol. The lowest BCUT2D eigenvalue weighted by atomic mass is 10.1. The molecule has 0 saturated carbocycles. The second-order valence-corrected chi connectivity index (χ2v) is 7.68. The van der Waals surface area contributed by atoms with E-state index < -0.39 is 0 Å². The number of hydrogen-bond donors (Lipinski definition) is 0. The van der Waals surface area contributed by atoms with Crippen LogP contribution in [0.1, 0.15) is 21.6 Å². The molecule has 1 aliphatic heterocycles. The Morgan fingerprint density at radius 2 is 1.91 bits per heavy atom. The van der Waals surface area contributed by atoms with Crippen LogP contribution in [-0.4, -0.2) is 50.8 Å². The van der Waals surface area contributed by atoms with Gasteiger partial charge in [-0.05, 0) is 31.2 Å². The second kappa shape index (κ2) is 8.74. The van der Waals surface area contributed by atoms with Crippen LogP contribution < -0.4 is 9.47 Å². The highest BCUT2D eigenvalue weighted by Gasteiger charge is 2.25. The zero-order valence-corrected chi connectivity index (χ0v) is 18.4. The van der Waals surface area contributed by atoms with Gasteiger partial charge in [0.15, 0.2) is 0 Å². The van der Waals surface area contributed by atoms with Crippen molar-refractivity contribution in [2.24, 2.45) is 0 Å². The molecule has 0 bridgehead atoms. The van der Waals surface area contributed by atoms with Gasteiger partial charge < -0.3 is 14.4 Å². The Kier molecular flexibility index (Phi) is 5.48. The van der Waals surface area contributed by atoms with E-state index in [0.29, 0.717) is 42.6 Å². The number of ether oxygens (including phenoxy) is 2. The first-order valence-electron chi connectivity index (χ1n) is 10.7. The third-order valence-electron chi connectivity index (χ3n) is 5.70. The number of rotatable bonds is 4. The van der Waals surface area contributed by atoms with Crippen molar-refractivity contribution in [3.05, 3.63) is 83.8 Å². The fourth-order valence-corrected chi connectivity index (χ4v) is 3.95. The molecule has 0 radical (unpaired) electrons. The Bertz CT molecular complexity index is 1320. The van der Waals surface area contributed by atoms with Crippen molar-refractivity contribution in [2.75, 3.05) is 20.3 Å². The molecule has 0 unspecified atom stereocenters. The van der Waals surface area contributed by atoms with Gasteiger partial charge in [-0.1, -0.05) is 30.3 Å². The van der Waals surface area contributed by atoms with Gasteiger partial charge in [-0.2, -0.15) is 5.10 Å². The summed E-state index contributed by atoms with van der Waals surface area (Å²) >= 11 is 0. The Hall–Kier alpha value is -4.20. The number of fused-ring (bicyclic) bond motifs is 1. The van der Waals surface area contributed by atoms with Crippen molar-refractivity contribution in [3.8, 4) is 28.7 Å². The number of para-hydroxylation sites is 2. The number of carbonyl (C=O) groups excluding carboxylic acids is 1. The molecule has 3 heterocycles. The van der Waals surface area contributed by atoms with E-state index in [1.54, 1.807) is 29.1 Å². The SMILES string of the molecule is COc1ccccc1-c1ccnc(-n2ncc(C(=O)N3CCOc4ccccc4C3)c2C)n1. The molecule has 33 heavy (non-hydrogen) atoms. The summed E-state index contributed by atoms with van der Waals surface area (Å²) in [6, 6.07) is 17.3. The normalized spacial score (nSPS) is 13.1. The van der Waals surface area contributed by atoms with Gasteiger partial charge in [0.1, 0.15) is 18.1 Å². The summed E-state index contributed by atoms with van der Waals surface area (Å²) in [5.74, 6) is 1.83. The van der Waals surface area contributed by atoms with Crippen LogP contribution in [0.3, 0.4) is 0 Å². The summed E-state index contributed by atoms with van der Waals surface area (Å²) in [6.45, 7) is 3.28. The molecule has 8 heteroatoms. The molecule has 166 valence electrons. The molecule has 0 N–H and O–H groups in total. The van der Waals surface area contributed by atoms with Gasteiger partial charge in [0.05, 0.1) is 36.8 Å². The minimum atomic E-state index is -0.0973. The molecule has 0 atom stereocenters. The predicted octanol–water partition coefficient (Wildman–Crippen LogP) is 3.68. The van der Waals surface area contributed by atoms with Gasteiger partial charge in [-0.15, -0.1) is 0 Å². The van der Waals surface area contributed by atoms with Crippen LogP contribution in [-0.2, 0) is 6.54 Å². The van der Waals surface area contributed by atoms with Gasteiger partial charge in [0.25, 0.3) is 11.9 Å². The van der Waals surface area contributed by atoms with Gasteiger partial charge in [0.2, 0.25) is 0 Å². The smallest absolute Gasteiger partial charge is 0.257 e. The predicted molar refractivity (Wildman–Crippen MR) is 123 cm³/mol. The molecule has 1 amide bonds. The molecule has 0 saturated heterocycles. The summed E-state index contributed by atoms with van der Waals surface area (Å²) in [6.07, 6.45) is 3.25. The van der Waals surface area contributed by atoms with E-state index in [9.17, 15) is 4.79 Å². The largest absolute Gasteiger partial charge is 0.496 e. The topological polar surface area (TPSA) is 82.4 Å². The molecule has 2 aromatic carbocycles. The molecular formula is C25H23N5O3. The average Bonchev–Trinajstić information content (AvgIpc) is 3.11. The van der Waals surface area contributed by atoms with Crippen molar-refractivity contribution in [1.29, 1.82) is 0 Å². The lowest BCUT2D eigenvalue weighted by Crippen LogP contribution is -2.32. The third kappa shape index (κ3) is 3.91. The summed E-state index contributed by atoms with van der Waals surface area (Å²) < 4.78 is 12.9. The van der Waals surface area contributed by atoms with E-state index in [0.717, 1.165) is 22.6 Å². The summed E-state index contributed by atoms with van der Waals surface area (Å²) in [5.41, 5.74) is 3.74. The molecular weight excluding hydrogens is 418 g/mol. The van der Waals surface area contributed by atoms with Crippen molar-refractivity contribution in [3.63, 3.8) is 0 Å². The van der Waals surface area contributed by atoms with Gasteiger partial charge in [-0.25, -0.2) is 14.6 Å². The molecule has 1 aliphatic rings. The molecule has 8 nitrogen and oxygen atoms in total. The maximum atomic E-state index is 13.4. The molecule has 0 aliphatic carbocycles. The summed E-state index contributed by atoms with van der Waals surface area (Å²) in [4.78, 5) is 24.2. The zero-order chi connectivity index (χ0) is 22.8. The minimum absolute atomic E-state index is 0.0973. The van der Waals surface area contributed by atoms with E-state index in [1.807, 2.05) is 61.5 Å². The van der Waals surface area contributed by atoms with Crippen LogP contribution >= 0.6 is 0 Å². The first-order chi connectivity index (χ1) is 16.2. The van der Waals surface area contributed by atoms with Crippen LogP contribution in [0.4, 0.5) is 0 Å². The molecule has 4 aromatic rings. The van der Waals surface area contributed by atoms with E-state index in [2.05, 4.69) is 15.1 Å². The number of hydrogen-bond acceptors (Lipinski definition) is 6. The standard InChI is InChI=1S/C25H23N5O3/c1-17-20(24(31)29-13-14-33-22-9-5-3-7-18(22)16-29)15-27-30(17)25-26-12-11-21(28-25)19-8-4-6-10-23(19)32-2/h3-12,15H,13-14,16H2,1-2H3. The van der Waals surface area contributed by atoms with Crippen LogP contribution in [0.5, 0.6) is 11.5 Å². The Labute approximate surface area is 191 Å². The second-order valence-electron chi connectivity index (χ2n) is 7.68. The first kappa shape index (κ1) is 20.7. The van der Waals surface area contributed by atoms with Crippen molar-refractivity contribution in [2.45, 2.75) is 13.5 Å². The van der Waals surface area contributed by atoms with Crippen molar-refractivity contribution in [1.82, 2.24) is 24.6 Å². The van der Waals surface area contributed by atoms with Gasteiger partial charge in [0, 0.05) is 23.9 Å².